The summed E-state index contributed by atoms with van der Waals surface area (Å²) in [4.78, 5) is 2.21. The second-order valence-corrected chi connectivity index (χ2v) is 4.75. The molecule has 1 heterocycles. The summed E-state index contributed by atoms with van der Waals surface area (Å²) >= 11 is 0. The van der Waals surface area contributed by atoms with Crippen LogP contribution in [0.5, 0.6) is 0 Å². The Labute approximate surface area is 121 Å². The normalized spacial score (nSPS) is 16.5. The van der Waals surface area contributed by atoms with Crippen molar-refractivity contribution >= 4 is 5.69 Å². The van der Waals surface area contributed by atoms with Crippen molar-refractivity contribution in [3.63, 3.8) is 0 Å². The molecule has 1 N–H and O–H groups in total. The minimum atomic E-state index is -4.50. The van der Waals surface area contributed by atoms with Crippen molar-refractivity contribution in [1.29, 1.82) is 5.26 Å². The van der Waals surface area contributed by atoms with Crippen LogP contribution in [-0.2, 0) is 10.9 Å². The summed E-state index contributed by atoms with van der Waals surface area (Å²) in [6, 6.07) is 5.12. The van der Waals surface area contributed by atoms with Gasteiger partial charge in [-0.3, -0.25) is 4.90 Å². The first kappa shape index (κ1) is 15.6. The molecule has 0 aliphatic carbocycles. The molecule has 0 bridgehead atoms. The third kappa shape index (κ3) is 4.34. The minimum absolute atomic E-state index is 0.362. The lowest BCUT2D eigenvalue weighted by Gasteiger charge is -2.26. The van der Waals surface area contributed by atoms with Crippen molar-refractivity contribution in [1.82, 2.24) is 4.90 Å². The number of hydrogen-bond donors (Lipinski definition) is 1. The van der Waals surface area contributed by atoms with Crippen molar-refractivity contribution in [3.05, 3.63) is 29.3 Å². The highest BCUT2D eigenvalue weighted by Crippen LogP contribution is 2.32. The van der Waals surface area contributed by atoms with E-state index in [2.05, 4.69) is 10.2 Å². The van der Waals surface area contributed by atoms with Gasteiger partial charge in [-0.25, -0.2) is 0 Å². The fraction of sp³-hybridized carbons (Fsp3) is 0.500. The highest BCUT2D eigenvalue weighted by atomic mass is 19.4. The summed E-state index contributed by atoms with van der Waals surface area (Å²) in [6.07, 6.45) is -4.50. The first-order valence-corrected chi connectivity index (χ1v) is 6.66. The summed E-state index contributed by atoms with van der Waals surface area (Å²) in [5, 5.41) is 11.9. The summed E-state index contributed by atoms with van der Waals surface area (Å²) in [5.41, 5.74) is -0.740. The Morgan fingerprint density at radius 3 is 2.62 bits per heavy atom. The second kappa shape index (κ2) is 6.78. The zero-order chi connectivity index (χ0) is 15.3. The molecule has 1 aromatic rings. The summed E-state index contributed by atoms with van der Waals surface area (Å²) < 4.78 is 43.3. The maximum atomic E-state index is 12.7. The van der Waals surface area contributed by atoms with E-state index >= 15 is 0 Å². The van der Waals surface area contributed by atoms with Crippen LogP contribution in [0.2, 0.25) is 0 Å². The van der Waals surface area contributed by atoms with Gasteiger partial charge in [0.15, 0.2) is 0 Å². The second-order valence-electron chi connectivity index (χ2n) is 4.75. The highest BCUT2D eigenvalue weighted by molar-refractivity contribution is 5.53. The van der Waals surface area contributed by atoms with E-state index in [4.69, 9.17) is 10.00 Å². The molecule has 0 amide bonds. The van der Waals surface area contributed by atoms with Crippen molar-refractivity contribution < 1.29 is 17.9 Å². The molecule has 0 aromatic heterocycles. The molecule has 0 unspecified atom stereocenters. The number of nitriles is 1. The number of nitrogens with one attached hydrogen (secondary N) is 1. The quantitative estimate of drug-likeness (QED) is 0.927. The smallest absolute Gasteiger partial charge is 0.384 e. The fourth-order valence-electron chi connectivity index (χ4n) is 2.18. The Hall–Kier alpha value is -1.78. The monoisotopic (exact) mass is 299 g/mol. The molecule has 1 aliphatic heterocycles. The van der Waals surface area contributed by atoms with Gasteiger partial charge in [0.1, 0.15) is 0 Å². The van der Waals surface area contributed by atoms with Crippen LogP contribution >= 0.6 is 0 Å². The van der Waals surface area contributed by atoms with Crippen LogP contribution in [0.25, 0.3) is 0 Å². The van der Waals surface area contributed by atoms with Gasteiger partial charge in [0.25, 0.3) is 0 Å². The van der Waals surface area contributed by atoms with Crippen LogP contribution in [0, 0.1) is 11.3 Å². The van der Waals surface area contributed by atoms with Gasteiger partial charge in [-0.1, -0.05) is 0 Å². The molecular weight excluding hydrogens is 283 g/mol. The fourth-order valence-corrected chi connectivity index (χ4v) is 2.18. The summed E-state index contributed by atoms with van der Waals surface area (Å²) in [5.74, 6) is 0. The van der Waals surface area contributed by atoms with Crippen LogP contribution in [-0.4, -0.2) is 44.3 Å². The Morgan fingerprint density at radius 2 is 2.00 bits per heavy atom. The van der Waals surface area contributed by atoms with Gasteiger partial charge in [-0.05, 0) is 18.2 Å². The molecule has 0 saturated carbocycles. The Kier molecular flexibility index (Phi) is 5.04. The van der Waals surface area contributed by atoms with Gasteiger partial charge in [0, 0.05) is 31.9 Å². The van der Waals surface area contributed by atoms with E-state index in [0.29, 0.717) is 25.4 Å². The molecule has 0 radical (unpaired) electrons. The SMILES string of the molecule is N#Cc1cc(NCCN2CCOCC2)ccc1C(F)(F)F. The molecule has 114 valence electrons. The first-order valence-electron chi connectivity index (χ1n) is 6.66. The third-order valence-corrected chi connectivity index (χ3v) is 3.31. The van der Waals surface area contributed by atoms with E-state index in [9.17, 15) is 13.2 Å². The molecule has 1 saturated heterocycles. The number of hydrogen-bond acceptors (Lipinski definition) is 4. The number of anilines is 1. The number of halogens is 3. The predicted molar refractivity (Wildman–Crippen MR) is 71.9 cm³/mol. The maximum Gasteiger partial charge on any atom is 0.417 e. The molecule has 4 nitrogen and oxygen atoms in total. The van der Waals surface area contributed by atoms with Gasteiger partial charge < -0.3 is 10.1 Å². The van der Waals surface area contributed by atoms with Gasteiger partial charge in [-0.2, -0.15) is 18.4 Å². The largest absolute Gasteiger partial charge is 0.417 e. The Bertz CT molecular complexity index is 519. The third-order valence-electron chi connectivity index (χ3n) is 3.31. The van der Waals surface area contributed by atoms with E-state index in [1.807, 2.05) is 0 Å². The Morgan fingerprint density at radius 1 is 1.29 bits per heavy atom. The number of morpholine rings is 1. The van der Waals surface area contributed by atoms with Crippen LogP contribution in [0.1, 0.15) is 11.1 Å². The molecule has 0 atom stereocenters. The molecule has 0 spiro atoms. The molecule has 2 rings (SSSR count). The van der Waals surface area contributed by atoms with Gasteiger partial charge in [-0.15, -0.1) is 0 Å². The average Bonchev–Trinajstić information content (AvgIpc) is 2.47. The number of rotatable bonds is 4. The van der Waals surface area contributed by atoms with Crippen molar-refractivity contribution in [3.8, 4) is 6.07 Å². The lowest BCUT2D eigenvalue weighted by atomic mass is 10.1. The standard InChI is InChI=1S/C14H16F3N3O/c15-14(16,17)13-2-1-12(9-11(13)10-18)19-3-4-20-5-7-21-8-6-20/h1-2,9,19H,3-8H2. The molecule has 1 fully saturated rings. The van der Waals surface area contributed by atoms with Gasteiger partial charge in [0.05, 0.1) is 30.4 Å². The molecular formula is C14H16F3N3O. The number of ether oxygens (including phenoxy) is 1. The van der Waals surface area contributed by atoms with Crippen LogP contribution < -0.4 is 5.32 Å². The van der Waals surface area contributed by atoms with Crippen molar-refractivity contribution in [2.45, 2.75) is 6.18 Å². The highest BCUT2D eigenvalue weighted by Gasteiger charge is 2.33. The molecule has 1 aliphatic rings. The van der Waals surface area contributed by atoms with Gasteiger partial charge >= 0.3 is 6.18 Å². The maximum absolute atomic E-state index is 12.7. The zero-order valence-electron chi connectivity index (χ0n) is 11.4. The number of benzene rings is 1. The van der Waals surface area contributed by atoms with Crippen LogP contribution in [0.4, 0.5) is 18.9 Å². The van der Waals surface area contributed by atoms with Crippen LogP contribution in [0.3, 0.4) is 0 Å². The van der Waals surface area contributed by atoms with E-state index in [0.717, 1.165) is 25.7 Å². The number of nitrogens with zero attached hydrogens (tertiary/aromatic N) is 2. The van der Waals surface area contributed by atoms with Crippen molar-refractivity contribution in [2.24, 2.45) is 0 Å². The molecule has 1 aromatic carbocycles. The minimum Gasteiger partial charge on any atom is -0.384 e. The summed E-state index contributed by atoms with van der Waals surface area (Å²) in [6.45, 7) is 4.52. The topological polar surface area (TPSA) is 48.3 Å². The van der Waals surface area contributed by atoms with Gasteiger partial charge in [0.2, 0.25) is 0 Å². The summed E-state index contributed by atoms with van der Waals surface area (Å²) in [7, 11) is 0. The average molecular weight is 299 g/mol. The predicted octanol–water partition coefficient (Wildman–Crippen LogP) is 2.32. The van der Waals surface area contributed by atoms with Crippen molar-refractivity contribution in [2.75, 3.05) is 44.7 Å². The molecule has 21 heavy (non-hydrogen) atoms. The van der Waals surface area contributed by atoms with E-state index in [-0.39, 0.29) is 5.56 Å². The lowest BCUT2D eigenvalue weighted by molar-refractivity contribution is -0.137. The van der Waals surface area contributed by atoms with E-state index in [1.54, 1.807) is 6.07 Å². The zero-order valence-corrected chi connectivity index (χ0v) is 11.4. The van der Waals surface area contributed by atoms with E-state index in [1.165, 1.54) is 12.1 Å². The Balaban J connectivity index is 1.93. The number of alkyl halides is 3. The van der Waals surface area contributed by atoms with Crippen LogP contribution in [0.15, 0.2) is 18.2 Å². The van der Waals surface area contributed by atoms with E-state index < -0.39 is 11.7 Å². The first-order chi connectivity index (χ1) is 10.0. The molecule has 7 heteroatoms. The lowest BCUT2D eigenvalue weighted by Crippen LogP contribution is -2.39.